The van der Waals surface area contributed by atoms with E-state index in [-0.39, 0.29) is 84.8 Å². The molecule has 190 valence electrons. The second-order valence-electron chi connectivity index (χ2n) is 9.20. The molecule has 0 radical (unpaired) electrons. The molecule has 0 aromatic heterocycles. The van der Waals surface area contributed by atoms with Crippen molar-refractivity contribution in [2.45, 2.75) is 124 Å². The Morgan fingerprint density at radius 1 is 0.735 bits per heavy atom. The molecule has 0 aliphatic rings. The third kappa shape index (κ3) is 7.92. The summed E-state index contributed by atoms with van der Waals surface area (Å²) in [7, 11) is -5.32. The second kappa shape index (κ2) is 17.4. The molecule has 0 aliphatic carbocycles. The molecule has 0 aromatic rings. The maximum absolute atomic E-state index is 13.2. The molecule has 0 fully saturated rings. The van der Waals surface area contributed by atoms with Crippen LogP contribution in [0.15, 0.2) is 0 Å². The van der Waals surface area contributed by atoms with E-state index in [9.17, 15) is 32.8 Å². The number of carbonyl (C=O) groups excluding carboxylic acids is 2. The quantitative estimate of drug-likeness (QED) is 0.120. The van der Waals surface area contributed by atoms with Gasteiger partial charge >= 0.3 is 59.1 Å². The van der Waals surface area contributed by atoms with Crippen molar-refractivity contribution in [3.63, 3.8) is 0 Å². The van der Waals surface area contributed by atoms with Gasteiger partial charge in [0.15, 0.2) is 0 Å². The van der Waals surface area contributed by atoms with Crippen LogP contribution in [0.2, 0.25) is 0 Å². The molecule has 0 heterocycles. The molecule has 0 aliphatic heterocycles. The van der Waals surface area contributed by atoms with Gasteiger partial charge < -0.3 is 19.8 Å². The Morgan fingerprint density at radius 2 is 1.06 bits per heavy atom. The maximum atomic E-state index is 13.2. The third-order valence-corrected chi connectivity index (χ3v) is 9.27. The summed E-state index contributed by atoms with van der Waals surface area (Å²) in [4.78, 5) is 25.6. The predicted octanol–water partition coefficient (Wildman–Crippen LogP) is -2.49. The van der Waals surface area contributed by atoms with E-state index in [1.807, 2.05) is 13.8 Å². The summed E-state index contributed by atoms with van der Waals surface area (Å²) in [6.45, 7) is 11.1. The number of unbranched alkanes of at least 4 members (excludes halogenated alkanes) is 4. The average Bonchev–Trinajstić information content (AvgIpc) is 2.72. The molecule has 0 bridgehead atoms. The van der Waals surface area contributed by atoms with Crippen molar-refractivity contribution in [1.82, 2.24) is 0 Å². The summed E-state index contributed by atoms with van der Waals surface area (Å²) in [6, 6.07) is 0. The Kier molecular flexibility index (Phi) is 20.1. The van der Waals surface area contributed by atoms with E-state index in [2.05, 4.69) is 0 Å². The number of carboxylic acids is 2. The number of hydrogen-bond acceptors (Lipinski definition) is 6. The first kappa shape index (κ1) is 39.4. The molecule has 0 aromatic carbocycles. The molecule has 10 heteroatoms. The van der Waals surface area contributed by atoms with Gasteiger partial charge in [0, 0.05) is 5.41 Å². The first-order chi connectivity index (χ1) is 14.9. The van der Waals surface area contributed by atoms with Crippen LogP contribution in [0.4, 0.5) is 0 Å². The van der Waals surface area contributed by atoms with Gasteiger partial charge in [0.05, 0.1) is 11.9 Å². The van der Waals surface area contributed by atoms with Gasteiger partial charge in [0.2, 0.25) is 0 Å². The van der Waals surface area contributed by atoms with Crippen LogP contribution >= 0.6 is 0 Å². The summed E-state index contributed by atoms with van der Waals surface area (Å²) in [5.74, 6) is -3.80. The van der Waals surface area contributed by atoms with E-state index in [0.717, 1.165) is 25.7 Å². The molecular formula is C24H44Na2O7S. The van der Waals surface area contributed by atoms with Crippen molar-refractivity contribution in [3.8, 4) is 0 Å². The van der Waals surface area contributed by atoms with Gasteiger partial charge in [-0.25, -0.2) is 0 Å². The normalized spacial score (nSPS) is 13.5. The summed E-state index contributed by atoms with van der Waals surface area (Å²) in [5.41, 5.74) is -4.76. The molecule has 1 N–H and O–H groups in total. The predicted molar refractivity (Wildman–Crippen MR) is 122 cm³/mol. The first-order valence-electron chi connectivity index (χ1n) is 12.3. The second-order valence-corrected chi connectivity index (χ2v) is 10.7. The standard InChI is InChI=1S/C24H46O7S.2Na/c1-7-13-15-17-22(9-3,10-4)24(21(27)28,19(20(25)26)32(29,30)31)23(11-5,12-6)18-16-14-8-2;;/h19H,7-18H2,1-6H3,(H,25,26)(H,27,28)(H,29,30,31);;/q;2*+1/p-2. The van der Waals surface area contributed by atoms with E-state index in [4.69, 9.17) is 0 Å². The first-order valence-corrected chi connectivity index (χ1v) is 13.8. The monoisotopic (exact) mass is 522 g/mol. The smallest absolute Gasteiger partial charge is 0.549 e. The Labute approximate surface area is 251 Å². The minimum atomic E-state index is -5.32. The number of carboxylic acid groups (broad SMARTS) is 2. The van der Waals surface area contributed by atoms with E-state index in [1.165, 1.54) is 0 Å². The molecule has 34 heavy (non-hydrogen) atoms. The van der Waals surface area contributed by atoms with Gasteiger partial charge in [0.25, 0.3) is 10.1 Å². The van der Waals surface area contributed by atoms with Crippen molar-refractivity contribution in [3.05, 3.63) is 0 Å². The van der Waals surface area contributed by atoms with Crippen LogP contribution in [0.5, 0.6) is 0 Å². The average molecular weight is 523 g/mol. The zero-order chi connectivity index (χ0) is 25.2. The number of carbonyl (C=O) groups is 2. The zero-order valence-electron chi connectivity index (χ0n) is 22.9. The van der Waals surface area contributed by atoms with Gasteiger partial charge in [-0.2, -0.15) is 8.42 Å². The summed E-state index contributed by atoms with van der Waals surface area (Å²) in [5, 5.41) is 23.0. The molecule has 7 nitrogen and oxygen atoms in total. The van der Waals surface area contributed by atoms with Gasteiger partial charge in [-0.15, -0.1) is 0 Å². The molecule has 0 rings (SSSR count). The number of rotatable bonds is 18. The van der Waals surface area contributed by atoms with Gasteiger partial charge in [0.1, 0.15) is 5.25 Å². The molecule has 1 atom stereocenters. The Bertz CT molecular complexity index is 676. The van der Waals surface area contributed by atoms with E-state index in [1.54, 1.807) is 27.7 Å². The zero-order valence-corrected chi connectivity index (χ0v) is 27.7. The molecule has 0 amide bonds. The maximum Gasteiger partial charge on any atom is 1.00 e. The largest absolute Gasteiger partial charge is 1.00 e. The van der Waals surface area contributed by atoms with E-state index >= 15 is 0 Å². The van der Waals surface area contributed by atoms with Crippen molar-refractivity contribution in [2.24, 2.45) is 16.2 Å². The molecule has 1 unspecified atom stereocenters. The van der Waals surface area contributed by atoms with E-state index < -0.39 is 43.6 Å². The fourth-order valence-corrected chi connectivity index (χ4v) is 7.61. The van der Waals surface area contributed by atoms with Crippen LogP contribution < -0.4 is 69.3 Å². The minimum absolute atomic E-state index is 0. The van der Waals surface area contributed by atoms with Crippen LogP contribution in [0.3, 0.4) is 0 Å². The third-order valence-electron chi connectivity index (χ3n) is 8.13. The number of aliphatic carboxylic acids is 2. The van der Waals surface area contributed by atoms with Gasteiger partial charge in [-0.05, 0) is 49.4 Å². The van der Waals surface area contributed by atoms with E-state index in [0.29, 0.717) is 25.7 Å². The molecular weight excluding hydrogens is 478 g/mol. The molecule has 0 spiro atoms. The van der Waals surface area contributed by atoms with Crippen LogP contribution in [0, 0.1) is 16.2 Å². The fraction of sp³-hybridized carbons (Fsp3) is 0.917. The van der Waals surface area contributed by atoms with Crippen molar-refractivity contribution < 1.29 is 91.9 Å². The van der Waals surface area contributed by atoms with Crippen molar-refractivity contribution in [2.75, 3.05) is 0 Å². The summed E-state index contributed by atoms with van der Waals surface area (Å²) < 4.78 is 35.3. The Balaban J connectivity index is -0.00000480. The Hall–Kier alpha value is 0.850. The summed E-state index contributed by atoms with van der Waals surface area (Å²) in [6.07, 6.45) is 6.22. The van der Waals surface area contributed by atoms with Gasteiger partial charge in [-0.3, -0.25) is 4.55 Å². The van der Waals surface area contributed by atoms with Crippen LogP contribution in [0.25, 0.3) is 0 Å². The molecule has 0 saturated heterocycles. The topological polar surface area (TPSA) is 135 Å². The van der Waals surface area contributed by atoms with Gasteiger partial charge in [-0.1, -0.05) is 80.1 Å². The van der Waals surface area contributed by atoms with Crippen LogP contribution in [-0.4, -0.2) is 30.2 Å². The van der Waals surface area contributed by atoms with Crippen LogP contribution in [0.1, 0.15) is 119 Å². The minimum Gasteiger partial charge on any atom is -0.549 e. The van der Waals surface area contributed by atoms with Crippen molar-refractivity contribution >= 4 is 22.1 Å². The van der Waals surface area contributed by atoms with Crippen molar-refractivity contribution in [1.29, 1.82) is 0 Å². The number of hydrogen-bond donors (Lipinski definition) is 1. The SMILES string of the molecule is CCCCCC(CC)(CC)C(C(=O)[O-])(C(C(=O)[O-])S(=O)(=O)O)C(CC)(CC)CCCCC.[Na+].[Na+]. The van der Waals surface area contributed by atoms with Crippen LogP contribution in [-0.2, 0) is 19.7 Å². The Morgan fingerprint density at radius 3 is 1.24 bits per heavy atom. The fourth-order valence-electron chi connectivity index (χ4n) is 6.32. The summed E-state index contributed by atoms with van der Waals surface area (Å²) >= 11 is 0. The molecule has 0 saturated carbocycles.